The standard InChI is InChI=1S/C12H15N3O3S2/c1-7-13-10-9(14-12(19-10)20(2,17)18)11(16)15(7)8-5-3-4-6-8/h8H,3-6H2,1-2H3. The van der Waals surface area contributed by atoms with Crippen LogP contribution in [-0.2, 0) is 9.84 Å². The quantitative estimate of drug-likeness (QED) is 0.842. The van der Waals surface area contributed by atoms with Crippen molar-refractivity contribution in [1.29, 1.82) is 0 Å². The minimum absolute atomic E-state index is 0.0410. The summed E-state index contributed by atoms with van der Waals surface area (Å²) in [5.74, 6) is 0.637. The lowest BCUT2D eigenvalue weighted by atomic mass is 10.2. The van der Waals surface area contributed by atoms with Crippen LogP contribution in [0.5, 0.6) is 0 Å². The maximum atomic E-state index is 12.5. The minimum Gasteiger partial charge on any atom is -0.292 e. The highest BCUT2D eigenvalue weighted by Gasteiger charge is 2.24. The third-order valence-electron chi connectivity index (χ3n) is 3.63. The van der Waals surface area contributed by atoms with Crippen molar-refractivity contribution < 1.29 is 8.42 Å². The predicted octanol–water partition coefficient (Wildman–Crippen LogP) is 1.68. The van der Waals surface area contributed by atoms with Crippen LogP contribution in [0.4, 0.5) is 0 Å². The predicted molar refractivity (Wildman–Crippen MR) is 77.0 cm³/mol. The van der Waals surface area contributed by atoms with E-state index in [1.54, 1.807) is 11.5 Å². The van der Waals surface area contributed by atoms with Gasteiger partial charge in [0, 0.05) is 12.3 Å². The van der Waals surface area contributed by atoms with E-state index >= 15 is 0 Å². The molecule has 0 saturated heterocycles. The monoisotopic (exact) mass is 313 g/mol. The van der Waals surface area contributed by atoms with Gasteiger partial charge in [-0.3, -0.25) is 9.36 Å². The van der Waals surface area contributed by atoms with Crippen molar-refractivity contribution in [1.82, 2.24) is 14.5 Å². The summed E-state index contributed by atoms with van der Waals surface area (Å²) in [5.41, 5.74) is -0.0431. The lowest BCUT2D eigenvalue weighted by Gasteiger charge is -2.15. The Bertz CT molecular complexity index is 829. The van der Waals surface area contributed by atoms with Gasteiger partial charge in [0.2, 0.25) is 14.2 Å². The number of aromatic nitrogens is 3. The molecule has 108 valence electrons. The number of aryl methyl sites for hydroxylation is 1. The van der Waals surface area contributed by atoms with E-state index in [4.69, 9.17) is 0 Å². The number of hydrogen-bond donors (Lipinski definition) is 0. The molecule has 3 rings (SSSR count). The van der Waals surface area contributed by atoms with Gasteiger partial charge < -0.3 is 0 Å². The fourth-order valence-electron chi connectivity index (χ4n) is 2.72. The van der Waals surface area contributed by atoms with Gasteiger partial charge in [-0.05, 0) is 19.8 Å². The van der Waals surface area contributed by atoms with Crippen LogP contribution in [0.2, 0.25) is 0 Å². The number of thiazole rings is 1. The van der Waals surface area contributed by atoms with Gasteiger partial charge in [-0.2, -0.15) is 0 Å². The average Bonchev–Trinajstić information content (AvgIpc) is 2.96. The van der Waals surface area contributed by atoms with Gasteiger partial charge in [0.25, 0.3) is 5.56 Å². The molecule has 1 aliphatic rings. The van der Waals surface area contributed by atoms with Crippen LogP contribution < -0.4 is 5.56 Å². The zero-order chi connectivity index (χ0) is 14.5. The van der Waals surface area contributed by atoms with Crippen molar-refractivity contribution in [3.8, 4) is 0 Å². The van der Waals surface area contributed by atoms with Crippen molar-refractivity contribution in [2.24, 2.45) is 0 Å². The molecule has 0 aliphatic heterocycles. The second kappa shape index (κ2) is 4.63. The van der Waals surface area contributed by atoms with Crippen LogP contribution in [-0.4, -0.2) is 29.2 Å². The molecular formula is C12H15N3O3S2. The molecule has 2 heterocycles. The number of nitrogens with zero attached hydrogens (tertiary/aromatic N) is 3. The molecule has 2 aromatic heterocycles. The molecule has 6 nitrogen and oxygen atoms in total. The molecule has 8 heteroatoms. The van der Waals surface area contributed by atoms with Crippen molar-refractivity contribution in [3.63, 3.8) is 0 Å². The molecule has 2 aromatic rings. The molecule has 0 amide bonds. The Morgan fingerprint density at radius 3 is 2.50 bits per heavy atom. The number of fused-ring (bicyclic) bond motifs is 1. The molecule has 0 bridgehead atoms. The molecule has 0 aromatic carbocycles. The second-order valence-electron chi connectivity index (χ2n) is 5.18. The van der Waals surface area contributed by atoms with Crippen LogP contribution in [0, 0.1) is 6.92 Å². The summed E-state index contributed by atoms with van der Waals surface area (Å²) in [7, 11) is -3.41. The van der Waals surface area contributed by atoms with Crippen LogP contribution in [0.15, 0.2) is 9.13 Å². The lowest BCUT2D eigenvalue weighted by molar-refractivity contribution is 0.485. The normalized spacial score (nSPS) is 17.1. The highest BCUT2D eigenvalue weighted by atomic mass is 32.2. The van der Waals surface area contributed by atoms with Gasteiger partial charge in [-0.15, -0.1) is 0 Å². The largest absolute Gasteiger partial charge is 0.292 e. The zero-order valence-electron chi connectivity index (χ0n) is 11.3. The van der Waals surface area contributed by atoms with Gasteiger partial charge in [-0.25, -0.2) is 18.4 Å². The first-order valence-electron chi connectivity index (χ1n) is 6.47. The molecule has 1 fully saturated rings. The Labute approximate surface area is 120 Å². The van der Waals surface area contributed by atoms with Gasteiger partial charge in [0.05, 0.1) is 0 Å². The Morgan fingerprint density at radius 1 is 1.25 bits per heavy atom. The molecule has 0 unspecified atom stereocenters. The fraction of sp³-hybridized carbons (Fsp3) is 0.583. The maximum Gasteiger partial charge on any atom is 0.281 e. The van der Waals surface area contributed by atoms with E-state index in [1.807, 2.05) is 0 Å². The topological polar surface area (TPSA) is 81.9 Å². The van der Waals surface area contributed by atoms with E-state index in [0.29, 0.717) is 10.7 Å². The molecule has 0 spiro atoms. The third kappa shape index (κ3) is 2.16. The first-order chi connectivity index (χ1) is 9.38. The van der Waals surface area contributed by atoms with E-state index in [-0.39, 0.29) is 21.5 Å². The fourth-order valence-corrected chi connectivity index (χ4v) is 4.53. The molecule has 0 atom stereocenters. The summed E-state index contributed by atoms with van der Waals surface area (Å²) in [6.45, 7) is 1.79. The number of hydrogen-bond acceptors (Lipinski definition) is 6. The number of rotatable bonds is 2. The van der Waals surface area contributed by atoms with E-state index in [9.17, 15) is 13.2 Å². The molecule has 1 aliphatic carbocycles. The van der Waals surface area contributed by atoms with Gasteiger partial charge in [-0.1, -0.05) is 24.2 Å². The molecular weight excluding hydrogens is 298 g/mol. The average molecular weight is 313 g/mol. The smallest absolute Gasteiger partial charge is 0.281 e. The summed E-state index contributed by atoms with van der Waals surface area (Å²) < 4.78 is 24.7. The van der Waals surface area contributed by atoms with Crippen LogP contribution in [0.25, 0.3) is 10.3 Å². The summed E-state index contributed by atoms with van der Waals surface area (Å²) in [4.78, 5) is 21.3. The van der Waals surface area contributed by atoms with Crippen molar-refractivity contribution in [2.45, 2.75) is 43.0 Å². The van der Waals surface area contributed by atoms with Crippen LogP contribution in [0.1, 0.15) is 37.5 Å². The Hall–Kier alpha value is -1.28. The second-order valence-corrected chi connectivity index (χ2v) is 8.35. The molecule has 0 radical (unpaired) electrons. The molecule has 20 heavy (non-hydrogen) atoms. The minimum atomic E-state index is -3.41. The van der Waals surface area contributed by atoms with Crippen LogP contribution >= 0.6 is 11.3 Å². The van der Waals surface area contributed by atoms with Gasteiger partial charge >= 0.3 is 0 Å². The molecule has 0 N–H and O–H groups in total. The third-order valence-corrected chi connectivity index (χ3v) is 6.26. The van der Waals surface area contributed by atoms with E-state index in [0.717, 1.165) is 43.3 Å². The summed E-state index contributed by atoms with van der Waals surface area (Å²) in [5, 5.41) is 0. The van der Waals surface area contributed by atoms with Crippen molar-refractivity contribution >= 4 is 31.5 Å². The number of sulfone groups is 1. The lowest BCUT2D eigenvalue weighted by Crippen LogP contribution is -2.26. The van der Waals surface area contributed by atoms with Gasteiger partial charge in [0.1, 0.15) is 5.82 Å². The van der Waals surface area contributed by atoms with E-state index < -0.39 is 9.84 Å². The zero-order valence-corrected chi connectivity index (χ0v) is 12.9. The maximum absolute atomic E-state index is 12.5. The molecule has 1 saturated carbocycles. The van der Waals surface area contributed by atoms with Crippen molar-refractivity contribution in [3.05, 3.63) is 16.2 Å². The SMILES string of the molecule is Cc1nc2sc(S(C)(=O)=O)nc2c(=O)n1C1CCCC1. The van der Waals surface area contributed by atoms with E-state index in [1.165, 1.54) is 0 Å². The summed E-state index contributed by atoms with van der Waals surface area (Å²) >= 11 is 0.960. The first-order valence-corrected chi connectivity index (χ1v) is 9.18. The Kier molecular flexibility index (Phi) is 3.17. The Balaban J connectivity index is 2.26. The highest BCUT2D eigenvalue weighted by Crippen LogP contribution is 2.30. The highest BCUT2D eigenvalue weighted by molar-refractivity contribution is 7.92. The summed E-state index contributed by atoms with van der Waals surface area (Å²) in [6, 6.07) is 0.169. The van der Waals surface area contributed by atoms with Crippen LogP contribution in [0.3, 0.4) is 0 Å². The Morgan fingerprint density at radius 2 is 1.90 bits per heavy atom. The first kappa shape index (κ1) is 13.7. The van der Waals surface area contributed by atoms with Crippen molar-refractivity contribution in [2.75, 3.05) is 6.26 Å². The van der Waals surface area contributed by atoms with E-state index in [2.05, 4.69) is 9.97 Å². The summed E-state index contributed by atoms with van der Waals surface area (Å²) in [6.07, 6.45) is 5.25. The van der Waals surface area contributed by atoms with Gasteiger partial charge in [0.15, 0.2) is 10.3 Å².